The van der Waals surface area contributed by atoms with Gasteiger partial charge in [-0.3, -0.25) is 4.90 Å². The molecule has 1 aromatic heterocycles. The second-order valence-electron chi connectivity index (χ2n) is 4.07. The summed E-state index contributed by atoms with van der Waals surface area (Å²) < 4.78 is 0. The smallest absolute Gasteiger partial charge is 0.324 e. The molecular formula is C13H12N4O. The van der Waals surface area contributed by atoms with E-state index in [9.17, 15) is 4.79 Å². The summed E-state index contributed by atoms with van der Waals surface area (Å²) in [5.74, 6) is 0.438. The molecular weight excluding hydrogens is 228 g/mol. The number of hydrogen-bond donors (Lipinski definition) is 1. The van der Waals surface area contributed by atoms with Crippen molar-refractivity contribution in [2.75, 3.05) is 11.4 Å². The van der Waals surface area contributed by atoms with Gasteiger partial charge in [0.25, 0.3) is 0 Å². The number of carbonyl (C=O) groups excluding carboxylic acids is 1. The van der Waals surface area contributed by atoms with Crippen LogP contribution in [0.3, 0.4) is 0 Å². The molecule has 2 amide bonds. The van der Waals surface area contributed by atoms with Crippen LogP contribution in [0.4, 0.5) is 10.7 Å². The first-order valence-electron chi connectivity index (χ1n) is 5.74. The summed E-state index contributed by atoms with van der Waals surface area (Å²) in [5, 5.41) is 2.93. The Kier molecular flexibility index (Phi) is 2.64. The first-order valence-corrected chi connectivity index (χ1v) is 5.74. The molecule has 2 aromatic rings. The van der Waals surface area contributed by atoms with Crippen molar-refractivity contribution in [3.8, 4) is 0 Å². The molecule has 0 saturated carbocycles. The molecule has 0 bridgehead atoms. The highest BCUT2D eigenvalue weighted by molar-refractivity contribution is 5.92. The minimum Gasteiger partial charge on any atom is -0.329 e. The molecule has 1 aliphatic rings. The standard InChI is InChI=1S/C13H12N4O/c18-13-16-11(10-5-2-1-3-6-10)9-17(13)12-14-7-4-8-15-12/h1-8,11H,9H2,(H,16,18)/t11-/m0/s1. The summed E-state index contributed by atoms with van der Waals surface area (Å²) >= 11 is 0. The van der Waals surface area contributed by atoms with Gasteiger partial charge in [0.1, 0.15) is 0 Å². The molecule has 1 fully saturated rings. The maximum absolute atomic E-state index is 11.9. The topological polar surface area (TPSA) is 58.1 Å². The van der Waals surface area contributed by atoms with Crippen LogP contribution in [0.5, 0.6) is 0 Å². The van der Waals surface area contributed by atoms with Crippen LogP contribution in [-0.4, -0.2) is 22.5 Å². The average molecular weight is 240 g/mol. The van der Waals surface area contributed by atoms with E-state index in [4.69, 9.17) is 0 Å². The molecule has 5 nitrogen and oxygen atoms in total. The second kappa shape index (κ2) is 4.44. The van der Waals surface area contributed by atoms with Crippen LogP contribution in [0.15, 0.2) is 48.8 Å². The quantitative estimate of drug-likeness (QED) is 0.870. The predicted molar refractivity (Wildman–Crippen MR) is 67.1 cm³/mol. The van der Waals surface area contributed by atoms with Gasteiger partial charge in [-0.2, -0.15) is 0 Å². The minimum absolute atomic E-state index is 0.0116. The van der Waals surface area contributed by atoms with Crippen molar-refractivity contribution in [3.63, 3.8) is 0 Å². The SMILES string of the molecule is O=C1N[C@H](c2ccccc2)CN1c1ncccn1. The molecule has 1 aliphatic heterocycles. The largest absolute Gasteiger partial charge is 0.329 e. The lowest BCUT2D eigenvalue weighted by atomic mass is 10.1. The number of urea groups is 1. The average Bonchev–Trinajstić information content (AvgIpc) is 2.83. The molecule has 1 saturated heterocycles. The van der Waals surface area contributed by atoms with Crippen molar-refractivity contribution in [2.24, 2.45) is 0 Å². The van der Waals surface area contributed by atoms with E-state index in [0.717, 1.165) is 5.56 Å². The molecule has 0 radical (unpaired) electrons. The molecule has 90 valence electrons. The van der Waals surface area contributed by atoms with Gasteiger partial charge in [0.2, 0.25) is 5.95 Å². The zero-order chi connectivity index (χ0) is 12.4. The van der Waals surface area contributed by atoms with Crippen molar-refractivity contribution in [1.82, 2.24) is 15.3 Å². The lowest BCUT2D eigenvalue weighted by Gasteiger charge is -2.11. The van der Waals surface area contributed by atoms with E-state index >= 15 is 0 Å². The number of carbonyl (C=O) groups is 1. The first-order chi connectivity index (χ1) is 8.84. The summed E-state index contributed by atoms with van der Waals surface area (Å²) in [6.45, 7) is 0.548. The van der Waals surface area contributed by atoms with E-state index in [1.807, 2.05) is 30.3 Å². The number of anilines is 1. The van der Waals surface area contributed by atoms with Gasteiger partial charge in [-0.1, -0.05) is 30.3 Å². The number of rotatable bonds is 2. The molecule has 1 aromatic carbocycles. The third-order valence-corrected chi connectivity index (χ3v) is 2.90. The van der Waals surface area contributed by atoms with Crippen LogP contribution in [0, 0.1) is 0 Å². The highest BCUT2D eigenvalue weighted by Gasteiger charge is 2.31. The molecule has 5 heteroatoms. The van der Waals surface area contributed by atoms with Crippen LogP contribution in [0.2, 0.25) is 0 Å². The molecule has 2 heterocycles. The highest BCUT2D eigenvalue weighted by Crippen LogP contribution is 2.22. The predicted octanol–water partition coefficient (Wildman–Crippen LogP) is 1.75. The van der Waals surface area contributed by atoms with E-state index in [-0.39, 0.29) is 12.1 Å². The monoisotopic (exact) mass is 240 g/mol. The molecule has 18 heavy (non-hydrogen) atoms. The van der Waals surface area contributed by atoms with Crippen LogP contribution in [-0.2, 0) is 0 Å². The van der Waals surface area contributed by atoms with Gasteiger partial charge in [-0.15, -0.1) is 0 Å². The lowest BCUT2D eigenvalue weighted by Crippen LogP contribution is -2.29. The summed E-state index contributed by atoms with van der Waals surface area (Å²) in [6.07, 6.45) is 3.26. The van der Waals surface area contributed by atoms with Gasteiger partial charge in [0.15, 0.2) is 0 Å². The van der Waals surface area contributed by atoms with E-state index in [1.165, 1.54) is 0 Å². The number of nitrogens with zero attached hydrogens (tertiary/aromatic N) is 3. The Morgan fingerprint density at radius 3 is 2.56 bits per heavy atom. The molecule has 1 N–H and O–H groups in total. The van der Waals surface area contributed by atoms with Crippen LogP contribution in [0.1, 0.15) is 11.6 Å². The van der Waals surface area contributed by atoms with E-state index in [2.05, 4.69) is 15.3 Å². The molecule has 0 spiro atoms. The highest BCUT2D eigenvalue weighted by atomic mass is 16.2. The Labute approximate surface area is 104 Å². The summed E-state index contributed by atoms with van der Waals surface area (Å²) in [5.41, 5.74) is 1.09. The van der Waals surface area contributed by atoms with Crippen molar-refractivity contribution in [2.45, 2.75) is 6.04 Å². The number of benzene rings is 1. The Hall–Kier alpha value is -2.43. The van der Waals surface area contributed by atoms with Gasteiger partial charge in [0.05, 0.1) is 12.6 Å². The van der Waals surface area contributed by atoms with Crippen LogP contribution < -0.4 is 10.2 Å². The first kappa shape index (κ1) is 10.7. The molecule has 0 unspecified atom stereocenters. The minimum atomic E-state index is -0.157. The Morgan fingerprint density at radius 2 is 1.83 bits per heavy atom. The van der Waals surface area contributed by atoms with Gasteiger partial charge in [0, 0.05) is 12.4 Å². The third kappa shape index (κ3) is 1.90. The fraction of sp³-hybridized carbons (Fsp3) is 0.154. The normalized spacial score (nSPS) is 18.8. The number of nitrogens with one attached hydrogen (secondary N) is 1. The molecule has 0 aliphatic carbocycles. The third-order valence-electron chi connectivity index (χ3n) is 2.90. The fourth-order valence-corrected chi connectivity index (χ4v) is 2.02. The van der Waals surface area contributed by atoms with Gasteiger partial charge in [-0.25, -0.2) is 14.8 Å². The maximum atomic E-state index is 11.9. The Morgan fingerprint density at radius 1 is 1.11 bits per heavy atom. The number of amides is 2. The zero-order valence-electron chi connectivity index (χ0n) is 9.65. The van der Waals surface area contributed by atoms with Gasteiger partial charge in [-0.05, 0) is 11.6 Å². The van der Waals surface area contributed by atoms with Crippen molar-refractivity contribution < 1.29 is 4.79 Å². The van der Waals surface area contributed by atoms with E-state index < -0.39 is 0 Å². The van der Waals surface area contributed by atoms with Crippen LogP contribution in [0.25, 0.3) is 0 Å². The summed E-state index contributed by atoms with van der Waals surface area (Å²) in [6, 6.07) is 11.4. The van der Waals surface area contributed by atoms with Crippen molar-refractivity contribution in [3.05, 3.63) is 54.4 Å². The zero-order valence-corrected chi connectivity index (χ0v) is 9.65. The fourth-order valence-electron chi connectivity index (χ4n) is 2.02. The van der Waals surface area contributed by atoms with Gasteiger partial charge < -0.3 is 5.32 Å². The van der Waals surface area contributed by atoms with Gasteiger partial charge >= 0.3 is 6.03 Å². The number of aromatic nitrogens is 2. The Balaban J connectivity index is 1.83. The Bertz CT molecular complexity index is 543. The lowest BCUT2D eigenvalue weighted by molar-refractivity contribution is 0.250. The molecule has 3 rings (SSSR count). The van der Waals surface area contributed by atoms with Crippen LogP contribution >= 0.6 is 0 Å². The number of hydrogen-bond acceptors (Lipinski definition) is 3. The summed E-state index contributed by atoms with van der Waals surface area (Å²) in [7, 11) is 0. The maximum Gasteiger partial charge on any atom is 0.324 e. The van der Waals surface area contributed by atoms with E-state index in [0.29, 0.717) is 12.5 Å². The summed E-state index contributed by atoms with van der Waals surface area (Å²) in [4.78, 5) is 21.6. The van der Waals surface area contributed by atoms with Crippen molar-refractivity contribution in [1.29, 1.82) is 0 Å². The van der Waals surface area contributed by atoms with E-state index in [1.54, 1.807) is 23.4 Å². The van der Waals surface area contributed by atoms with Crippen molar-refractivity contribution >= 4 is 12.0 Å². The second-order valence-corrected chi connectivity index (χ2v) is 4.07. The molecule has 1 atom stereocenters.